The molecule has 12 heavy (non-hydrogen) atoms. The van der Waals surface area contributed by atoms with Crippen molar-refractivity contribution < 1.29 is 4.79 Å². The largest absolute Gasteiger partial charge is 0.298 e. The lowest BCUT2D eigenvalue weighted by atomic mass is 10.2. The van der Waals surface area contributed by atoms with Crippen molar-refractivity contribution in [2.75, 3.05) is 0 Å². The summed E-state index contributed by atoms with van der Waals surface area (Å²) in [6, 6.07) is 0. The van der Waals surface area contributed by atoms with Crippen LogP contribution in [-0.2, 0) is 4.79 Å². The Hall–Kier alpha value is -1.11. The highest BCUT2D eigenvalue weighted by Gasteiger charge is 1.87. The summed E-state index contributed by atoms with van der Waals surface area (Å²) in [7, 11) is 0. The van der Waals surface area contributed by atoms with Crippen LogP contribution in [0.1, 0.15) is 27.7 Å². The Labute approximate surface area is 74.5 Å². The zero-order valence-electron chi connectivity index (χ0n) is 8.22. The molecular formula is C11H16O. The van der Waals surface area contributed by atoms with Crippen LogP contribution in [0.3, 0.4) is 0 Å². The molecular weight excluding hydrogens is 148 g/mol. The molecule has 0 heterocycles. The van der Waals surface area contributed by atoms with Gasteiger partial charge in [-0.15, -0.1) is 0 Å². The van der Waals surface area contributed by atoms with Crippen LogP contribution in [0.4, 0.5) is 0 Å². The van der Waals surface area contributed by atoms with Crippen molar-refractivity contribution in [1.82, 2.24) is 0 Å². The molecule has 0 N–H and O–H groups in total. The van der Waals surface area contributed by atoms with E-state index < -0.39 is 0 Å². The number of carbonyl (C=O) groups is 1. The fraction of sp³-hybridized carbons (Fsp3) is 0.364. The Bertz CT molecular complexity index is 234. The summed E-state index contributed by atoms with van der Waals surface area (Å²) in [5, 5.41) is 0. The van der Waals surface area contributed by atoms with Gasteiger partial charge in [0.2, 0.25) is 0 Å². The maximum absolute atomic E-state index is 10.5. The summed E-state index contributed by atoms with van der Waals surface area (Å²) in [5.41, 5.74) is 3.04. The molecule has 0 aromatic carbocycles. The first-order valence-electron chi connectivity index (χ1n) is 4.01. The third-order valence-electron chi connectivity index (χ3n) is 1.20. The molecule has 0 spiro atoms. The molecule has 0 saturated carbocycles. The maximum atomic E-state index is 10.5. The lowest BCUT2D eigenvalue weighted by Crippen LogP contribution is -1.79. The van der Waals surface area contributed by atoms with Crippen LogP contribution in [0, 0.1) is 0 Å². The van der Waals surface area contributed by atoms with Gasteiger partial charge < -0.3 is 0 Å². The highest BCUT2D eigenvalue weighted by atomic mass is 16.1. The van der Waals surface area contributed by atoms with E-state index in [1.54, 1.807) is 0 Å². The first kappa shape index (κ1) is 10.9. The van der Waals surface area contributed by atoms with Crippen LogP contribution < -0.4 is 0 Å². The van der Waals surface area contributed by atoms with Crippen molar-refractivity contribution >= 4 is 6.29 Å². The maximum Gasteiger partial charge on any atom is 0.150 e. The van der Waals surface area contributed by atoms with Crippen molar-refractivity contribution in [2.45, 2.75) is 27.7 Å². The van der Waals surface area contributed by atoms with Gasteiger partial charge in [0.15, 0.2) is 0 Å². The zero-order chi connectivity index (χ0) is 9.56. The summed E-state index contributed by atoms with van der Waals surface area (Å²) in [4.78, 5) is 10.5. The fourth-order valence-corrected chi connectivity index (χ4v) is 0.718. The molecule has 1 heteroatoms. The average Bonchev–Trinajstić information content (AvgIpc) is 1.97. The minimum atomic E-state index is 0.719. The molecule has 0 saturated heterocycles. The van der Waals surface area contributed by atoms with Crippen LogP contribution in [0.25, 0.3) is 0 Å². The standard InChI is InChI=1S/C11H16O/c1-9(2)5-6-11(8-12)7-10(3)4/h5-8H,1-4H3/b11-6+. The SMILES string of the molecule is CC(C)=C/C=C(/C=O)C=C(C)C. The smallest absolute Gasteiger partial charge is 0.150 e. The molecule has 0 fully saturated rings. The van der Waals surface area contributed by atoms with Gasteiger partial charge >= 0.3 is 0 Å². The Morgan fingerprint density at radius 1 is 0.917 bits per heavy atom. The summed E-state index contributed by atoms with van der Waals surface area (Å²) < 4.78 is 0. The molecule has 0 aromatic rings. The molecule has 0 aliphatic heterocycles. The van der Waals surface area contributed by atoms with Gasteiger partial charge in [-0.2, -0.15) is 0 Å². The Balaban J connectivity index is 4.56. The Kier molecular flexibility index (Phi) is 5.02. The number of allylic oxidation sites excluding steroid dienone is 6. The highest BCUT2D eigenvalue weighted by Crippen LogP contribution is 2.00. The topological polar surface area (TPSA) is 17.1 Å². The monoisotopic (exact) mass is 164 g/mol. The first-order chi connectivity index (χ1) is 5.56. The Morgan fingerprint density at radius 3 is 1.83 bits per heavy atom. The van der Waals surface area contributed by atoms with E-state index in [1.807, 2.05) is 45.9 Å². The van der Waals surface area contributed by atoms with E-state index >= 15 is 0 Å². The predicted molar refractivity (Wildman–Crippen MR) is 53.0 cm³/mol. The van der Waals surface area contributed by atoms with Gasteiger partial charge in [-0.25, -0.2) is 0 Å². The van der Waals surface area contributed by atoms with E-state index in [0.29, 0.717) is 0 Å². The Morgan fingerprint density at radius 2 is 1.50 bits per heavy atom. The molecule has 1 nitrogen and oxygen atoms in total. The van der Waals surface area contributed by atoms with E-state index in [-0.39, 0.29) is 0 Å². The summed E-state index contributed by atoms with van der Waals surface area (Å²) in [5.74, 6) is 0. The predicted octanol–water partition coefficient (Wildman–Crippen LogP) is 3.04. The van der Waals surface area contributed by atoms with Crippen LogP contribution in [0.15, 0.2) is 34.9 Å². The van der Waals surface area contributed by atoms with Crippen molar-refractivity contribution in [3.63, 3.8) is 0 Å². The van der Waals surface area contributed by atoms with Crippen LogP contribution >= 0.6 is 0 Å². The van der Waals surface area contributed by atoms with Gasteiger partial charge in [-0.05, 0) is 27.7 Å². The number of carbonyl (C=O) groups excluding carboxylic acids is 1. The average molecular weight is 164 g/mol. The molecule has 66 valence electrons. The van der Waals surface area contributed by atoms with Crippen LogP contribution in [0.5, 0.6) is 0 Å². The van der Waals surface area contributed by atoms with Gasteiger partial charge in [-0.1, -0.05) is 29.4 Å². The molecule has 0 aromatic heterocycles. The second-order valence-electron chi connectivity index (χ2n) is 3.25. The van der Waals surface area contributed by atoms with Crippen LogP contribution in [0.2, 0.25) is 0 Å². The van der Waals surface area contributed by atoms with E-state index in [9.17, 15) is 4.79 Å². The van der Waals surface area contributed by atoms with Gasteiger partial charge in [0.25, 0.3) is 0 Å². The molecule has 0 bridgehead atoms. The third-order valence-corrected chi connectivity index (χ3v) is 1.20. The summed E-state index contributed by atoms with van der Waals surface area (Å²) >= 11 is 0. The van der Waals surface area contributed by atoms with Crippen molar-refractivity contribution in [3.05, 3.63) is 34.9 Å². The molecule has 0 rings (SSSR count). The third kappa shape index (κ3) is 5.66. The number of hydrogen-bond acceptors (Lipinski definition) is 1. The first-order valence-corrected chi connectivity index (χ1v) is 4.01. The quantitative estimate of drug-likeness (QED) is 0.356. The fourth-order valence-electron chi connectivity index (χ4n) is 0.718. The second kappa shape index (κ2) is 5.53. The summed E-state index contributed by atoms with van der Waals surface area (Å²) in [6.07, 6.45) is 6.50. The van der Waals surface area contributed by atoms with Gasteiger partial charge in [0.05, 0.1) is 0 Å². The molecule has 0 unspecified atom stereocenters. The minimum absolute atomic E-state index is 0.719. The number of hydrogen-bond donors (Lipinski definition) is 0. The van der Waals surface area contributed by atoms with E-state index in [4.69, 9.17) is 0 Å². The molecule has 0 radical (unpaired) electrons. The molecule has 0 aliphatic rings. The van der Waals surface area contributed by atoms with E-state index in [0.717, 1.165) is 17.4 Å². The minimum Gasteiger partial charge on any atom is -0.298 e. The zero-order valence-corrected chi connectivity index (χ0v) is 8.22. The second-order valence-corrected chi connectivity index (χ2v) is 3.25. The molecule has 0 amide bonds. The molecule has 0 atom stereocenters. The summed E-state index contributed by atoms with van der Waals surface area (Å²) in [6.45, 7) is 7.95. The van der Waals surface area contributed by atoms with Crippen molar-refractivity contribution in [1.29, 1.82) is 0 Å². The van der Waals surface area contributed by atoms with Crippen molar-refractivity contribution in [3.8, 4) is 0 Å². The van der Waals surface area contributed by atoms with Crippen LogP contribution in [-0.4, -0.2) is 6.29 Å². The highest BCUT2D eigenvalue weighted by molar-refractivity contribution is 5.78. The molecule has 0 aliphatic carbocycles. The van der Waals surface area contributed by atoms with Gasteiger partial charge in [0.1, 0.15) is 6.29 Å². The number of rotatable bonds is 3. The lowest BCUT2D eigenvalue weighted by Gasteiger charge is -1.90. The van der Waals surface area contributed by atoms with Crippen molar-refractivity contribution in [2.24, 2.45) is 0 Å². The van der Waals surface area contributed by atoms with Gasteiger partial charge in [-0.3, -0.25) is 4.79 Å². The van der Waals surface area contributed by atoms with E-state index in [2.05, 4.69) is 0 Å². The van der Waals surface area contributed by atoms with Gasteiger partial charge in [0, 0.05) is 5.57 Å². The normalized spacial score (nSPS) is 10.5. The lowest BCUT2D eigenvalue weighted by molar-refractivity contribution is -0.104. The van der Waals surface area contributed by atoms with E-state index in [1.165, 1.54) is 5.57 Å². The number of aldehydes is 1.